The van der Waals surface area contributed by atoms with Gasteiger partial charge < -0.3 is 5.32 Å². The minimum absolute atomic E-state index is 0.0202. The maximum Gasteiger partial charge on any atom is 0.405 e. The molecule has 0 bridgehead atoms. The number of rotatable bonds is 7. The zero-order valence-corrected chi connectivity index (χ0v) is 20.6. The standard InChI is InChI=1S/C29H26F3N3O3/c30-29(31,32)18-33-27(36)28(24-12-3-1-10-22(24)23-11-2-4-13-25(23)28)16-6-9-20-8-5-7-19-14-15-21(35(37)38)17-26(19)34-20/h1-4,10-15,17H,5-9,16,18H2,(H,33,36). The molecular formula is C29H26F3N3O3. The van der Waals surface area contributed by atoms with Crippen molar-refractivity contribution in [3.05, 3.63) is 93.5 Å². The van der Waals surface area contributed by atoms with Crippen LogP contribution in [-0.4, -0.2) is 29.3 Å². The lowest BCUT2D eigenvalue weighted by Crippen LogP contribution is -2.47. The Morgan fingerprint density at radius 3 is 2.29 bits per heavy atom. The fraction of sp³-hybridized carbons (Fsp3) is 0.310. The molecule has 38 heavy (non-hydrogen) atoms. The monoisotopic (exact) mass is 521 g/mol. The molecule has 1 aliphatic heterocycles. The molecule has 0 saturated carbocycles. The van der Waals surface area contributed by atoms with Crippen LogP contribution in [0.3, 0.4) is 0 Å². The third-order valence-corrected chi connectivity index (χ3v) is 7.39. The maximum atomic E-state index is 13.6. The maximum absolute atomic E-state index is 13.6. The third kappa shape index (κ3) is 4.80. The molecule has 0 fully saturated rings. The quantitative estimate of drug-likeness (QED) is 0.274. The van der Waals surface area contributed by atoms with Crippen molar-refractivity contribution in [2.75, 3.05) is 6.54 Å². The number of nitro groups is 1. The molecule has 0 spiro atoms. The Morgan fingerprint density at radius 1 is 1.00 bits per heavy atom. The number of non-ortho nitro benzene ring substituents is 1. The van der Waals surface area contributed by atoms with E-state index in [9.17, 15) is 28.1 Å². The van der Waals surface area contributed by atoms with E-state index in [0.29, 0.717) is 42.5 Å². The predicted octanol–water partition coefficient (Wildman–Crippen LogP) is 6.82. The van der Waals surface area contributed by atoms with Crippen LogP contribution in [0, 0.1) is 10.1 Å². The van der Waals surface area contributed by atoms with Gasteiger partial charge in [-0.15, -0.1) is 0 Å². The van der Waals surface area contributed by atoms with E-state index in [1.807, 2.05) is 36.4 Å². The Balaban J connectivity index is 1.46. The van der Waals surface area contributed by atoms with Crippen LogP contribution in [0.15, 0.2) is 71.7 Å². The second-order valence-electron chi connectivity index (χ2n) is 9.75. The zero-order chi connectivity index (χ0) is 26.9. The zero-order valence-electron chi connectivity index (χ0n) is 20.6. The van der Waals surface area contributed by atoms with Gasteiger partial charge in [0.2, 0.25) is 5.91 Å². The van der Waals surface area contributed by atoms with Gasteiger partial charge in [-0.25, -0.2) is 0 Å². The van der Waals surface area contributed by atoms with Gasteiger partial charge in [-0.05, 0) is 66.3 Å². The highest BCUT2D eigenvalue weighted by molar-refractivity contribution is 6.00. The van der Waals surface area contributed by atoms with E-state index in [0.717, 1.165) is 35.2 Å². The molecular weight excluding hydrogens is 495 g/mol. The van der Waals surface area contributed by atoms with Crippen LogP contribution in [0.5, 0.6) is 0 Å². The highest BCUT2D eigenvalue weighted by atomic mass is 19.4. The first kappa shape index (κ1) is 25.6. The average Bonchev–Trinajstić information content (AvgIpc) is 3.02. The lowest BCUT2D eigenvalue weighted by molar-refractivity contribution is -0.384. The lowest BCUT2D eigenvalue weighted by Gasteiger charge is -2.31. The Bertz CT molecular complexity index is 1390. The molecule has 1 N–H and O–H groups in total. The molecule has 1 heterocycles. The first-order valence-electron chi connectivity index (χ1n) is 12.6. The van der Waals surface area contributed by atoms with Crippen LogP contribution in [0.4, 0.5) is 24.5 Å². The molecule has 6 nitrogen and oxygen atoms in total. The van der Waals surface area contributed by atoms with Crippen LogP contribution in [0.1, 0.15) is 48.8 Å². The summed E-state index contributed by atoms with van der Waals surface area (Å²) < 4.78 is 39.2. The molecule has 2 aliphatic rings. The molecule has 0 aromatic heterocycles. The fourth-order valence-electron chi connectivity index (χ4n) is 5.71. The minimum Gasteiger partial charge on any atom is -0.346 e. The van der Waals surface area contributed by atoms with Gasteiger partial charge in [-0.2, -0.15) is 13.2 Å². The SMILES string of the molecule is O=C(NCC(F)(F)F)C1(CCCC2=Nc3cc([N+](=O)[O-])ccc3CCC2)c2ccccc2-c2ccccc21. The Hall–Kier alpha value is -4.01. The molecule has 1 amide bonds. The molecule has 196 valence electrons. The molecule has 0 atom stereocenters. The summed E-state index contributed by atoms with van der Waals surface area (Å²) in [7, 11) is 0. The summed E-state index contributed by atoms with van der Waals surface area (Å²) in [4.78, 5) is 29.2. The summed E-state index contributed by atoms with van der Waals surface area (Å²) in [5.74, 6) is -0.670. The molecule has 0 radical (unpaired) electrons. The molecule has 5 rings (SSSR count). The number of nitro benzene ring substituents is 1. The van der Waals surface area contributed by atoms with Crippen molar-refractivity contribution in [1.82, 2.24) is 5.32 Å². The lowest BCUT2D eigenvalue weighted by atomic mass is 9.73. The molecule has 9 heteroatoms. The van der Waals surface area contributed by atoms with Gasteiger partial charge in [0.25, 0.3) is 5.69 Å². The summed E-state index contributed by atoms with van der Waals surface area (Å²) >= 11 is 0. The van der Waals surface area contributed by atoms with E-state index < -0.39 is 29.0 Å². The number of alkyl halides is 3. The number of amides is 1. The van der Waals surface area contributed by atoms with Gasteiger partial charge in [-0.3, -0.25) is 19.9 Å². The average molecular weight is 522 g/mol. The number of hydrogen-bond donors (Lipinski definition) is 1. The van der Waals surface area contributed by atoms with Crippen LogP contribution < -0.4 is 5.32 Å². The van der Waals surface area contributed by atoms with E-state index in [1.54, 1.807) is 18.2 Å². The number of carbonyl (C=O) groups excluding carboxylic acids is 1. The number of nitrogens with one attached hydrogen (secondary N) is 1. The van der Waals surface area contributed by atoms with Crippen molar-refractivity contribution < 1.29 is 22.9 Å². The summed E-state index contributed by atoms with van der Waals surface area (Å²) in [6.07, 6.45) is -0.891. The third-order valence-electron chi connectivity index (χ3n) is 7.39. The van der Waals surface area contributed by atoms with Crippen LogP contribution in [-0.2, 0) is 16.6 Å². The van der Waals surface area contributed by atoms with Crippen molar-refractivity contribution in [1.29, 1.82) is 0 Å². The van der Waals surface area contributed by atoms with Crippen molar-refractivity contribution in [2.45, 2.75) is 50.1 Å². The van der Waals surface area contributed by atoms with Crippen molar-refractivity contribution in [3.63, 3.8) is 0 Å². The number of fused-ring (bicyclic) bond motifs is 4. The minimum atomic E-state index is -4.53. The van der Waals surface area contributed by atoms with Gasteiger partial charge in [0.15, 0.2) is 0 Å². The van der Waals surface area contributed by atoms with E-state index in [2.05, 4.69) is 5.32 Å². The molecule has 3 aromatic carbocycles. The number of halogens is 3. The summed E-state index contributed by atoms with van der Waals surface area (Å²) in [6, 6.07) is 19.5. The first-order valence-corrected chi connectivity index (χ1v) is 12.6. The van der Waals surface area contributed by atoms with Gasteiger partial charge in [0.05, 0.1) is 10.6 Å². The molecule has 3 aromatic rings. The second-order valence-corrected chi connectivity index (χ2v) is 9.75. The Labute approximate surface area is 217 Å². The molecule has 0 saturated heterocycles. The second kappa shape index (κ2) is 10.0. The largest absolute Gasteiger partial charge is 0.405 e. The summed E-state index contributed by atoms with van der Waals surface area (Å²) in [6.45, 7) is -1.40. The van der Waals surface area contributed by atoms with Crippen LogP contribution >= 0.6 is 0 Å². The number of benzene rings is 3. The van der Waals surface area contributed by atoms with E-state index >= 15 is 0 Å². The van der Waals surface area contributed by atoms with E-state index in [1.165, 1.54) is 12.1 Å². The summed E-state index contributed by atoms with van der Waals surface area (Å²) in [5, 5.41) is 13.4. The fourth-order valence-corrected chi connectivity index (χ4v) is 5.71. The number of aryl methyl sites for hydroxylation is 1. The topological polar surface area (TPSA) is 84.6 Å². The predicted molar refractivity (Wildman–Crippen MR) is 139 cm³/mol. The van der Waals surface area contributed by atoms with Crippen LogP contribution in [0.25, 0.3) is 11.1 Å². The van der Waals surface area contributed by atoms with E-state index in [-0.39, 0.29) is 5.69 Å². The van der Waals surface area contributed by atoms with Crippen molar-refractivity contribution in [2.24, 2.45) is 4.99 Å². The smallest absolute Gasteiger partial charge is 0.346 e. The highest BCUT2D eigenvalue weighted by Crippen LogP contribution is 2.51. The van der Waals surface area contributed by atoms with Crippen molar-refractivity contribution >= 4 is 23.0 Å². The van der Waals surface area contributed by atoms with E-state index in [4.69, 9.17) is 4.99 Å². The Morgan fingerprint density at radius 2 is 1.66 bits per heavy atom. The number of aliphatic imine (C=N–C) groups is 1. The van der Waals surface area contributed by atoms with Crippen molar-refractivity contribution in [3.8, 4) is 11.1 Å². The Kier molecular flexibility index (Phi) is 6.77. The number of hydrogen-bond acceptors (Lipinski definition) is 4. The summed E-state index contributed by atoms with van der Waals surface area (Å²) in [5.41, 5.74) is 4.21. The van der Waals surface area contributed by atoms with Gasteiger partial charge in [0.1, 0.15) is 12.0 Å². The number of nitrogens with zero attached hydrogens (tertiary/aromatic N) is 2. The van der Waals surface area contributed by atoms with Gasteiger partial charge in [-0.1, -0.05) is 54.6 Å². The normalized spacial score (nSPS) is 15.5. The first-order chi connectivity index (χ1) is 18.2. The highest BCUT2D eigenvalue weighted by Gasteiger charge is 2.49. The van der Waals surface area contributed by atoms with Crippen LogP contribution in [0.2, 0.25) is 0 Å². The van der Waals surface area contributed by atoms with Gasteiger partial charge in [0, 0.05) is 17.8 Å². The van der Waals surface area contributed by atoms with Gasteiger partial charge >= 0.3 is 6.18 Å². The molecule has 1 aliphatic carbocycles. The molecule has 0 unspecified atom stereocenters. The number of carbonyl (C=O) groups is 1.